The second-order valence-corrected chi connectivity index (χ2v) is 7.60. The molecule has 0 spiro atoms. The lowest BCUT2D eigenvalue weighted by Crippen LogP contribution is -2.17. The first-order valence-electron chi connectivity index (χ1n) is 10.7. The first-order chi connectivity index (χ1) is 15.5. The molecular formula is C23H24FN5O3. The topological polar surface area (TPSA) is 99.0 Å². The predicted molar refractivity (Wildman–Crippen MR) is 116 cm³/mol. The molecule has 3 aromatic rings. The van der Waals surface area contributed by atoms with E-state index in [0.717, 1.165) is 38.1 Å². The molecule has 0 bridgehead atoms. The molecule has 0 saturated heterocycles. The van der Waals surface area contributed by atoms with Crippen molar-refractivity contribution in [2.45, 2.75) is 46.1 Å². The fraction of sp³-hybridized carbons (Fsp3) is 0.348. The van der Waals surface area contributed by atoms with Gasteiger partial charge < -0.3 is 14.6 Å². The maximum atomic E-state index is 14.5. The Bertz CT molecular complexity index is 1170. The number of carbonyl (C=O) groups is 2. The zero-order valence-corrected chi connectivity index (χ0v) is 18.0. The molecule has 1 N–H and O–H groups in total. The average Bonchev–Trinajstić information content (AvgIpc) is 3.03. The molecule has 0 aliphatic carbocycles. The molecule has 166 valence electrons. The first kappa shape index (κ1) is 21.6. The lowest BCUT2D eigenvalue weighted by atomic mass is 10.1. The SMILES string of the molecule is CCOC(=O)c1ccc(C(=O)Nc2cc(-c3nnc4n3CCCCC4)ccc2F)nc1C. The van der Waals surface area contributed by atoms with Crippen molar-refractivity contribution in [2.24, 2.45) is 0 Å². The third-order valence-electron chi connectivity index (χ3n) is 5.40. The average molecular weight is 437 g/mol. The van der Waals surface area contributed by atoms with Gasteiger partial charge in [-0.15, -0.1) is 10.2 Å². The number of anilines is 1. The molecule has 0 fully saturated rings. The largest absolute Gasteiger partial charge is 0.462 e. The minimum absolute atomic E-state index is 0.0207. The van der Waals surface area contributed by atoms with Crippen LogP contribution in [0.2, 0.25) is 0 Å². The van der Waals surface area contributed by atoms with Gasteiger partial charge in [-0.1, -0.05) is 6.42 Å². The predicted octanol–water partition coefficient (Wildman–Crippen LogP) is 3.94. The van der Waals surface area contributed by atoms with Crippen molar-refractivity contribution in [3.63, 3.8) is 0 Å². The first-order valence-corrected chi connectivity index (χ1v) is 10.7. The molecule has 4 rings (SSSR count). The highest BCUT2D eigenvalue weighted by Crippen LogP contribution is 2.27. The molecule has 0 radical (unpaired) electrons. The van der Waals surface area contributed by atoms with E-state index in [4.69, 9.17) is 4.74 Å². The monoisotopic (exact) mass is 437 g/mol. The summed E-state index contributed by atoms with van der Waals surface area (Å²) in [6, 6.07) is 7.37. The number of rotatable bonds is 5. The van der Waals surface area contributed by atoms with Gasteiger partial charge in [0.25, 0.3) is 5.91 Å². The van der Waals surface area contributed by atoms with E-state index in [9.17, 15) is 14.0 Å². The number of benzene rings is 1. The maximum absolute atomic E-state index is 14.5. The van der Waals surface area contributed by atoms with E-state index in [0.29, 0.717) is 17.1 Å². The summed E-state index contributed by atoms with van der Waals surface area (Å²) in [5.41, 5.74) is 1.40. The van der Waals surface area contributed by atoms with Crippen LogP contribution >= 0.6 is 0 Å². The number of aryl methyl sites for hydroxylation is 2. The van der Waals surface area contributed by atoms with Crippen molar-refractivity contribution in [2.75, 3.05) is 11.9 Å². The van der Waals surface area contributed by atoms with E-state index in [1.165, 1.54) is 18.2 Å². The minimum Gasteiger partial charge on any atom is -0.462 e. The quantitative estimate of drug-likeness (QED) is 0.607. The highest BCUT2D eigenvalue weighted by atomic mass is 19.1. The Labute approximate surface area is 184 Å². The normalized spacial score (nSPS) is 13.2. The van der Waals surface area contributed by atoms with Crippen LogP contribution in [0.5, 0.6) is 0 Å². The van der Waals surface area contributed by atoms with Crippen LogP contribution in [0.4, 0.5) is 10.1 Å². The van der Waals surface area contributed by atoms with Gasteiger partial charge in [-0.2, -0.15) is 0 Å². The van der Waals surface area contributed by atoms with Crippen molar-refractivity contribution in [1.29, 1.82) is 0 Å². The van der Waals surface area contributed by atoms with Gasteiger partial charge in [-0.05, 0) is 57.0 Å². The van der Waals surface area contributed by atoms with Gasteiger partial charge in [0, 0.05) is 18.5 Å². The number of pyridine rings is 1. The van der Waals surface area contributed by atoms with E-state index in [1.807, 2.05) is 0 Å². The summed E-state index contributed by atoms with van der Waals surface area (Å²) in [6.45, 7) is 4.38. The number of aromatic nitrogens is 4. The lowest BCUT2D eigenvalue weighted by Gasteiger charge is -2.11. The van der Waals surface area contributed by atoms with Crippen LogP contribution in [0.25, 0.3) is 11.4 Å². The molecule has 3 heterocycles. The van der Waals surface area contributed by atoms with Crippen LogP contribution in [0, 0.1) is 12.7 Å². The zero-order valence-electron chi connectivity index (χ0n) is 18.0. The van der Waals surface area contributed by atoms with Crippen LogP contribution in [0.15, 0.2) is 30.3 Å². The van der Waals surface area contributed by atoms with E-state index in [1.54, 1.807) is 26.0 Å². The number of carbonyl (C=O) groups excluding carboxylic acids is 2. The van der Waals surface area contributed by atoms with Crippen LogP contribution in [-0.2, 0) is 17.7 Å². The minimum atomic E-state index is -0.584. The molecular weight excluding hydrogens is 413 g/mol. The summed E-state index contributed by atoms with van der Waals surface area (Å²) in [5.74, 6) is -0.0771. The molecule has 32 heavy (non-hydrogen) atoms. The standard InChI is InChI=1S/C23H24FN5O3/c1-3-32-23(31)16-9-11-18(25-14(16)2)22(30)26-19-13-15(8-10-17(19)24)21-28-27-20-7-5-4-6-12-29(20)21/h8-11,13H,3-7,12H2,1-2H3,(H,26,30). The molecule has 1 aromatic carbocycles. The Morgan fingerprint density at radius 2 is 2.00 bits per heavy atom. The number of halogens is 1. The second-order valence-electron chi connectivity index (χ2n) is 7.60. The summed E-state index contributed by atoms with van der Waals surface area (Å²) >= 11 is 0. The van der Waals surface area contributed by atoms with E-state index in [2.05, 4.69) is 25.1 Å². The van der Waals surface area contributed by atoms with Crippen molar-refractivity contribution >= 4 is 17.6 Å². The second kappa shape index (κ2) is 9.25. The van der Waals surface area contributed by atoms with Gasteiger partial charge in [0.1, 0.15) is 17.3 Å². The number of hydrogen-bond acceptors (Lipinski definition) is 6. The highest BCUT2D eigenvalue weighted by Gasteiger charge is 2.19. The van der Waals surface area contributed by atoms with Gasteiger partial charge in [0.2, 0.25) is 0 Å². The van der Waals surface area contributed by atoms with Crippen LogP contribution in [-0.4, -0.2) is 38.2 Å². The van der Waals surface area contributed by atoms with Gasteiger partial charge in [-0.3, -0.25) is 4.79 Å². The zero-order chi connectivity index (χ0) is 22.7. The molecule has 9 heteroatoms. The van der Waals surface area contributed by atoms with Crippen molar-refractivity contribution in [3.05, 3.63) is 58.9 Å². The summed E-state index contributed by atoms with van der Waals surface area (Å²) in [4.78, 5) is 28.8. The summed E-state index contributed by atoms with van der Waals surface area (Å²) in [7, 11) is 0. The van der Waals surface area contributed by atoms with Crippen molar-refractivity contribution < 1.29 is 18.7 Å². The summed E-state index contributed by atoms with van der Waals surface area (Å²) < 4.78 is 21.5. The molecule has 1 aliphatic rings. The van der Waals surface area contributed by atoms with Gasteiger partial charge in [-0.25, -0.2) is 14.2 Å². The Kier molecular flexibility index (Phi) is 6.25. The van der Waals surface area contributed by atoms with Crippen LogP contribution < -0.4 is 5.32 Å². The smallest absolute Gasteiger partial charge is 0.339 e. The molecule has 0 saturated carbocycles. The molecule has 1 aliphatic heterocycles. The number of ether oxygens (including phenoxy) is 1. The highest BCUT2D eigenvalue weighted by molar-refractivity contribution is 6.03. The molecule has 0 unspecified atom stereocenters. The molecule has 1 amide bonds. The van der Waals surface area contributed by atoms with E-state index in [-0.39, 0.29) is 23.6 Å². The van der Waals surface area contributed by atoms with Gasteiger partial charge >= 0.3 is 5.97 Å². The van der Waals surface area contributed by atoms with Crippen LogP contribution in [0.1, 0.15) is 58.6 Å². The van der Waals surface area contributed by atoms with Crippen molar-refractivity contribution in [3.8, 4) is 11.4 Å². The van der Waals surface area contributed by atoms with E-state index >= 15 is 0 Å². The number of fused-ring (bicyclic) bond motifs is 1. The molecule has 0 atom stereocenters. The molecule has 8 nitrogen and oxygen atoms in total. The fourth-order valence-corrected chi connectivity index (χ4v) is 3.76. The van der Waals surface area contributed by atoms with Crippen molar-refractivity contribution in [1.82, 2.24) is 19.7 Å². The number of amides is 1. The third kappa shape index (κ3) is 4.37. The lowest BCUT2D eigenvalue weighted by molar-refractivity contribution is 0.0524. The molecule has 2 aromatic heterocycles. The van der Waals surface area contributed by atoms with E-state index < -0.39 is 17.7 Å². The number of nitrogens with one attached hydrogen (secondary N) is 1. The number of esters is 1. The Balaban J connectivity index is 1.58. The Morgan fingerprint density at radius 3 is 2.78 bits per heavy atom. The number of hydrogen-bond donors (Lipinski definition) is 1. The maximum Gasteiger partial charge on any atom is 0.339 e. The Morgan fingerprint density at radius 1 is 1.16 bits per heavy atom. The van der Waals surface area contributed by atoms with Gasteiger partial charge in [0.15, 0.2) is 5.82 Å². The summed E-state index contributed by atoms with van der Waals surface area (Å²) in [6.07, 6.45) is 4.11. The Hall–Kier alpha value is -3.62. The number of nitrogens with zero attached hydrogens (tertiary/aromatic N) is 4. The fourth-order valence-electron chi connectivity index (χ4n) is 3.76. The van der Waals surface area contributed by atoms with Crippen LogP contribution in [0.3, 0.4) is 0 Å². The van der Waals surface area contributed by atoms with Gasteiger partial charge in [0.05, 0.1) is 23.6 Å². The summed E-state index contributed by atoms with van der Waals surface area (Å²) in [5, 5.41) is 11.1. The third-order valence-corrected chi connectivity index (χ3v) is 5.40.